The van der Waals surface area contributed by atoms with E-state index >= 15 is 0 Å². The molecule has 0 saturated heterocycles. The van der Waals surface area contributed by atoms with Gasteiger partial charge in [-0.25, -0.2) is 0 Å². The zero-order valence-electron chi connectivity index (χ0n) is 9.99. The molecule has 0 aliphatic rings. The van der Waals surface area contributed by atoms with Gasteiger partial charge in [0.25, 0.3) is 0 Å². The van der Waals surface area contributed by atoms with E-state index in [0.717, 1.165) is 0 Å². The lowest BCUT2D eigenvalue weighted by Gasteiger charge is -2.14. The van der Waals surface area contributed by atoms with Crippen LogP contribution >= 0.6 is 0 Å². The molecule has 0 radical (unpaired) electrons. The molecule has 0 bridgehead atoms. The van der Waals surface area contributed by atoms with Crippen molar-refractivity contribution < 1.29 is 14.3 Å². The van der Waals surface area contributed by atoms with Crippen LogP contribution in [0.15, 0.2) is 0 Å². The van der Waals surface area contributed by atoms with Crippen LogP contribution in [0.25, 0.3) is 0 Å². The number of nitrogens with zero attached hydrogens (tertiary/aromatic N) is 1. The van der Waals surface area contributed by atoms with Gasteiger partial charge in [-0.1, -0.05) is 0 Å². The van der Waals surface area contributed by atoms with Crippen molar-refractivity contribution in [1.82, 2.24) is 10.2 Å². The fourth-order valence-electron chi connectivity index (χ4n) is 1.16. The molecule has 16 heavy (non-hydrogen) atoms. The molecule has 0 fully saturated rings. The topological polar surface area (TPSA) is 84.7 Å². The van der Waals surface area contributed by atoms with E-state index in [1.807, 2.05) is 11.9 Å². The quantitative estimate of drug-likeness (QED) is 0.411. The predicted molar refractivity (Wildman–Crippen MR) is 60.8 cm³/mol. The smallest absolute Gasteiger partial charge is 0.305 e. The maximum Gasteiger partial charge on any atom is 0.305 e. The van der Waals surface area contributed by atoms with Crippen molar-refractivity contribution in [3.63, 3.8) is 0 Å². The Morgan fingerprint density at radius 1 is 1.44 bits per heavy atom. The molecule has 94 valence electrons. The van der Waals surface area contributed by atoms with Gasteiger partial charge in [0.1, 0.15) is 0 Å². The highest BCUT2D eigenvalue weighted by Crippen LogP contribution is 1.89. The van der Waals surface area contributed by atoms with E-state index in [-0.39, 0.29) is 11.9 Å². The summed E-state index contributed by atoms with van der Waals surface area (Å²) in [4.78, 5) is 23.9. The third-order valence-electron chi connectivity index (χ3n) is 2.03. The summed E-state index contributed by atoms with van der Waals surface area (Å²) >= 11 is 0. The Morgan fingerprint density at radius 3 is 2.69 bits per heavy atom. The van der Waals surface area contributed by atoms with E-state index in [1.165, 1.54) is 7.11 Å². The average Bonchev–Trinajstić information content (AvgIpc) is 2.24. The number of nitrogens with one attached hydrogen (secondary N) is 1. The predicted octanol–water partition coefficient (Wildman–Crippen LogP) is -1.05. The van der Waals surface area contributed by atoms with E-state index in [2.05, 4.69) is 10.1 Å². The maximum atomic E-state index is 11.3. The second-order valence-electron chi connectivity index (χ2n) is 3.56. The van der Waals surface area contributed by atoms with E-state index in [4.69, 9.17) is 5.73 Å². The first-order valence-corrected chi connectivity index (χ1v) is 5.32. The van der Waals surface area contributed by atoms with Crippen molar-refractivity contribution >= 4 is 11.9 Å². The van der Waals surface area contributed by atoms with Gasteiger partial charge in [0.2, 0.25) is 5.91 Å². The van der Waals surface area contributed by atoms with Gasteiger partial charge in [-0.15, -0.1) is 0 Å². The van der Waals surface area contributed by atoms with Crippen LogP contribution in [0.1, 0.15) is 12.8 Å². The first-order valence-electron chi connectivity index (χ1n) is 5.32. The minimum absolute atomic E-state index is 0.0548. The van der Waals surface area contributed by atoms with Gasteiger partial charge < -0.3 is 15.8 Å². The first-order chi connectivity index (χ1) is 7.60. The van der Waals surface area contributed by atoms with Crippen LogP contribution < -0.4 is 11.1 Å². The van der Waals surface area contributed by atoms with Crippen molar-refractivity contribution in [2.45, 2.75) is 12.8 Å². The van der Waals surface area contributed by atoms with Crippen LogP contribution in [0.3, 0.4) is 0 Å². The van der Waals surface area contributed by atoms with Crippen molar-refractivity contribution in [3.8, 4) is 0 Å². The van der Waals surface area contributed by atoms with E-state index in [0.29, 0.717) is 39.0 Å². The van der Waals surface area contributed by atoms with Crippen LogP contribution in [0.4, 0.5) is 0 Å². The molecule has 0 unspecified atom stereocenters. The molecular weight excluding hydrogens is 210 g/mol. The first kappa shape index (κ1) is 14.9. The van der Waals surface area contributed by atoms with E-state index < -0.39 is 0 Å². The Hall–Kier alpha value is -1.14. The van der Waals surface area contributed by atoms with Crippen LogP contribution in [-0.2, 0) is 14.3 Å². The Morgan fingerprint density at radius 2 is 2.12 bits per heavy atom. The minimum Gasteiger partial charge on any atom is -0.469 e. The Labute approximate surface area is 96.1 Å². The van der Waals surface area contributed by atoms with Crippen LogP contribution in [-0.4, -0.2) is 57.1 Å². The molecule has 0 saturated carbocycles. The Kier molecular flexibility index (Phi) is 8.46. The molecule has 6 nitrogen and oxygen atoms in total. The van der Waals surface area contributed by atoms with Gasteiger partial charge in [0.05, 0.1) is 13.7 Å². The SMILES string of the molecule is COC(=O)CCCNC(=O)CN(C)CCN. The summed E-state index contributed by atoms with van der Waals surface area (Å²) < 4.78 is 4.48. The fraction of sp³-hybridized carbons (Fsp3) is 0.800. The van der Waals surface area contributed by atoms with Crippen LogP contribution in [0, 0.1) is 0 Å². The number of esters is 1. The van der Waals surface area contributed by atoms with Crippen molar-refractivity contribution in [2.75, 3.05) is 40.3 Å². The molecule has 0 spiro atoms. The summed E-state index contributed by atoms with van der Waals surface area (Å²) in [7, 11) is 3.18. The Balaban J connectivity index is 3.47. The minimum atomic E-state index is -0.255. The lowest BCUT2D eigenvalue weighted by Crippen LogP contribution is -2.37. The molecule has 0 aromatic heterocycles. The molecule has 0 rings (SSSR count). The highest BCUT2D eigenvalue weighted by atomic mass is 16.5. The lowest BCUT2D eigenvalue weighted by molar-refractivity contribution is -0.140. The molecule has 0 atom stereocenters. The summed E-state index contributed by atoms with van der Waals surface area (Å²) in [6, 6.07) is 0. The molecule has 1 amide bonds. The third kappa shape index (κ3) is 8.19. The van der Waals surface area contributed by atoms with E-state index in [9.17, 15) is 9.59 Å². The van der Waals surface area contributed by atoms with Gasteiger partial charge in [0, 0.05) is 26.1 Å². The zero-order valence-corrected chi connectivity index (χ0v) is 9.99. The fourth-order valence-corrected chi connectivity index (χ4v) is 1.16. The number of hydrogen-bond donors (Lipinski definition) is 2. The van der Waals surface area contributed by atoms with Gasteiger partial charge in [-0.2, -0.15) is 0 Å². The molecule has 0 aliphatic heterocycles. The van der Waals surface area contributed by atoms with Crippen LogP contribution in [0.2, 0.25) is 0 Å². The number of methoxy groups -OCH3 is 1. The summed E-state index contributed by atoms with van der Waals surface area (Å²) in [5.41, 5.74) is 5.35. The van der Waals surface area contributed by atoms with Gasteiger partial charge in [-0.3, -0.25) is 14.5 Å². The second kappa shape index (κ2) is 9.11. The molecule has 0 aromatic rings. The standard InChI is InChI=1S/C10H21N3O3/c1-13(7-5-11)8-9(14)12-6-3-4-10(15)16-2/h3-8,11H2,1-2H3,(H,12,14). The second-order valence-corrected chi connectivity index (χ2v) is 3.56. The number of ether oxygens (including phenoxy) is 1. The number of carbonyl (C=O) groups is 2. The van der Waals surface area contributed by atoms with Crippen molar-refractivity contribution in [1.29, 1.82) is 0 Å². The molecule has 6 heteroatoms. The number of rotatable bonds is 8. The third-order valence-corrected chi connectivity index (χ3v) is 2.03. The van der Waals surface area contributed by atoms with Gasteiger partial charge >= 0.3 is 5.97 Å². The number of amides is 1. The number of nitrogens with two attached hydrogens (primary N) is 1. The highest BCUT2D eigenvalue weighted by molar-refractivity contribution is 5.78. The largest absolute Gasteiger partial charge is 0.469 e. The Bertz CT molecular complexity index is 221. The maximum absolute atomic E-state index is 11.3. The number of hydrogen-bond acceptors (Lipinski definition) is 5. The number of carbonyl (C=O) groups excluding carboxylic acids is 2. The lowest BCUT2D eigenvalue weighted by atomic mass is 10.3. The monoisotopic (exact) mass is 231 g/mol. The van der Waals surface area contributed by atoms with E-state index in [1.54, 1.807) is 0 Å². The van der Waals surface area contributed by atoms with Crippen molar-refractivity contribution in [3.05, 3.63) is 0 Å². The zero-order chi connectivity index (χ0) is 12.4. The molecule has 0 aliphatic carbocycles. The molecule has 0 aromatic carbocycles. The summed E-state index contributed by atoms with van der Waals surface area (Å²) in [6.45, 7) is 2.04. The number of likely N-dealkylation sites (N-methyl/N-ethyl adjacent to an activating group) is 1. The van der Waals surface area contributed by atoms with Crippen LogP contribution in [0.5, 0.6) is 0 Å². The highest BCUT2D eigenvalue weighted by Gasteiger charge is 2.05. The van der Waals surface area contributed by atoms with Gasteiger partial charge in [0.15, 0.2) is 0 Å². The molecule has 3 N–H and O–H groups in total. The average molecular weight is 231 g/mol. The summed E-state index contributed by atoms with van der Waals surface area (Å²) in [5.74, 6) is -0.310. The molecule has 0 heterocycles. The van der Waals surface area contributed by atoms with Crippen molar-refractivity contribution in [2.24, 2.45) is 5.73 Å². The summed E-state index contributed by atoms with van der Waals surface area (Å²) in [6.07, 6.45) is 0.925. The molecular formula is C10H21N3O3. The van der Waals surface area contributed by atoms with Gasteiger partial charge in [-0.05, 0) is 13.5 Å². The summed E-state index contributed by atoms with van der Waals surface area (Å²) in [5, 5.41) is 2.72. The normalized spacial score (nSPS) is 10.2.